The Hall–Kier alpha value is -14.6. The third-order valence-electron chi connectivity index (χ3n) is 25.6. The quantitative estimate of drug-likeness (QED) is 0.134. The molecule has 0 aliphatic carbocycles. The highest BCUT2D eigenvalue weighted by atomic mass is 32.1. The maximum Gasteiger partial charge on any atom is 0.0620 e. The molecule has 22 aromatic carbocycles. The summed E-state index contributed by atoms with van der Waals surface area (Å²) in [6.07, 6.45) is 0. The molecule has 0 aliphatic heterocycles. The van der Waals surface area contributed by atoms with E-state index in [4.69, 9.17) is 0 Å². The molecule has 0 bridgehead atoms. The molecule has 28 rings (SSSR count). The summed E-state index contributed by atoms with van der Waals surface area (Å²) in [4.78, 5) is 2.66. The number of aromatic nitrogens is 2. The molecule has 2 nitrogen and oxygen atoms in total. The topological polar surface area (TPSA) is 9.86 Å². The molecule has 6 heteroatoms. The molecule has 6 aromatic heterocycles. The molecule has 6 heterocycles. The third kappa shape index (κ3) is 10.6. The summed E-state index contributed by atoms with van der Waals surface area (Å²) < 4.78 is 13.4. The average Bonchev–Trinajstić information content (AvgIpc) is 1.49. The van der Waals surface area contributed by atoms with Gasteiger partial charge in [-0.1, -0.05) is 328 Å². The molecule has 0 fully saturated rings. The Bertz CT molecular complexity index is 8490. The Morgan fingerprint density at radius 1 is 0.164 bits per heavy atom. The van der Waals surface area contributed by atoms with Crippen LogP contribution in [0.15, 0.2) is 413 Å². The van der Waals surface area contributed by atoms with Crippen LogP contribution in [0.1, 0.15) is 0 Å². The molecule has 0 aliphatic rings. The molecule has 0 unspecified atom stereocenters. The fourth-order valence-electron chi connectivity index (χ4n) is 20.4. The second-order valence-electron chi connectivity index (χ2n) is 32.3. The number of hydrogen-bond donors (Lipinski definition) is 0. The van der Waals surface area contributed by atoms with E-state index in [1.807, 2.05) is 45.3 Å². The van der Waals surface area contributed by atoms with E-state index in [-0.39, 0.29) is 0 Å². The first-order valence-corrected chi connectivity index (χ1v) is 45.0. The molecular weight excluding hydrogens is 1550 g/mol. The van der Waals surface area contributed by atoms with Crippen molar-refractivity contribution in [3.8, 4) is 77.0 Å². The minimum absolute atomic E-state index is 1.14. The molecule has 0 N–H and O–H groups in total. The summed E-state index contributed by atoms with van der Waals surface area (Å²) >= 11 is 7.67. The number of thiophene rings is 4. The zero-order valence-corrected chi connectivity index (χ0v) is 69.1. The summed E-state index contributed by atoms with van der Waals surface area (Å²) in [5.41, 5.74) is 17.0. The number of hydrogen-bond acceptors (Lipinski definition) is 4. The first-order valence-electron chi connectivity index (χ1n) is 41.7. The van der Waals surface area contributed by atoms with Gasteiger partial charge in [-0.25, -0.2) is 0 Å². The summed E-state index contributed by atoms with van der Waals surface area (Å²) in [5.74, 6) is 0. The van der Waals surface area contributed by atoms with Gasteiger partial charge in [-0.05, 0) is 194 Å². The van der Waals surface area contributed by atoms with Gasteiger partial charge in [0.15, 0.2) is 0 Å². The Kier molecular flexibility index (Phi) is 15.6. The van der Waals surface area contributed by atoms with Gasteiger partial charge in [0.2, 0.25) is 0 Å². The molecule has 0 radical (unpaired) electrons. The molecule has 0 amide bonds. The number of para-hydroxylation sites is 2. The minimum atomic E-state index is 1.14. The molecular formula is C116H68N2S4. The predicted octanol–water partition coefficient (Wildman–Crippen LogP) is 34.8. The van der Waals surface area contributed by atoms with Gasteiger partial charge in [0.05, 0.1) is 22.4 Å². The second kappa shape index (κ2) is 27.5. The molecule has 0 saturated heterocycles. The Labute approximate surface area is 717 Å². The Morgan fingerprint density at radius 3 is 0.787 bits per heavy atom. The van der Waals surface area contributed by atoms with Gasteiger partial charge in [0.1, 0.15) is 0 Å². The van der Waals surface area contributed by atoms with Gasteiger partial charge in [0.25, 0.3) is 0 Å². The van der Waals surface area contributed by atoms with Crippen LogP contribution >= 0.6 is 45.3 Å². The van der Waals surface area contributed by atoms with Gasteiger partial charge in [0, 0.05) is 125 Å². The van der Waals surface area contributed by atoms with E-state index in [1.165, 1.54) is 245 Å². The van der Waals surface area contributed by atoms with E-state index in [0.717, 1.165) is 11.4 Å². The highest BCUT2D eigenvalue weighted by molar-refractivity contribution is 7.27. The van der Waals surface area contributed by atoms with Crippen LogP contribution in [-0.4, -0.2) is 9.13 Å². The first kappa shape index (κ1) is 69.4. The summed E-state index contributed by atoms with van der Waals surface area (Å²) in [6.45, 7) is 0. The summed E-state index contributed by atoms with van der Waals surface area (Å²) in [7, 11) is 0. The van der Waals surface area contributed by atoms with Crippen molar-refractivity contribution in [3.63, 3.8) is 0 Å². The molecule has 0 saturated carbocycles. The largest absolute Gasteiger partial charge is 0.308 e. The molecule has 0 atom stereocenters. The number of fused-ring (bicyclic) bond motifs is 16. The maximum atomic E-state index is 2.52. The summed E-state index contributed by atoms with van der Waals surface area (Å²) in [5, 5.41) is 34.8. The van der Waals surface area contributed by atoms with E-state index in [1.54, 1.807) is 0 Å². The monoisotopic (exact) mass is 1620 g/mol. The van der Waals surface area contributed by atoms with E-state index < -0.39 is 0 Å². The molecule has 0 spiro atoms. The van der Waals surface area contributed by atoms with Crippen molar-refractivity contribution in [2.75, 3.05) is 0 Å². The molecule has 28 aromatic rings. The second-order valence-corrected chi connectivity index (χ2v) is 36.5. The van der Waals surface area contributed by atoms with Crippen LogP contribution in [0.2, 0.25) is 0 Å². The van der Waals surface area contributed by atoms with Gasteiger partial charge in [-0.2, -0.15) is 0 Å². The zero-order valence-electron chi connectivity index (χ0n) is 65.8. The van der Waals surface area contributed by atoms with Crippen LogP contribution in [0.3, 0.4) is 0 Å². The van der Waals surface area contributed by atoms with Gasteiger partial charge in [-0.3, -0.25) is 0 Å². The lowest BCUT2D eigenvalue weighted by Crippen LogP contribution is -1.99. The third-order valence-corrected chi connectivity index (χ3v) is 30.5. The summed E-state index contributed by atoms with van der Waals surface area (Å²) in [6, 6.07) is 152. The lowest BCUT2D eigenvalue weighted by Gasteiger charge is -2.17. The van der Waals surface area contributed by atoms with Crippen molar-refractivity contribution in [1.29, 1.82) is 0 Å². The van der Waals surface area contributed by atoms with Gasteiger partial charge in [-0.15, -0.1) is 45.3 Å². The molecule has 566 valence electrons. The lowest BCUT2D eigenvalue weighted by molar-refractivity contribution is 1.14. The van der Waals surface area contributed by atoms with Gasteiger partial charge < -0.3 is 9.13 Å². The van der Waals surface area contributed by atoms with Crippen LogP contribution in [0.25, 0.3) is 256 Å². The minimum Gasteiger partial charge on any atom is -0.308 e. The highest BCUT2D eigenvalue weighted by Crippen LogP contribution is 2.55. The highest BCUT2D eigenvalue weighted by Gasteiger charge is 2.30. The van der Waals surface area contributed by atoms with Crippen LogP contribution in [0.5, 0.6) is 0 Å². The van der Waals surface area contributed by atoms with E-state index in [9.17, 15) is 0 Å². The lowest BCUT2D eigenvalue weighted by atomic mass is 9.89. The fourth-order valence-corrected chi connectivity index (χ4v) is 25.2. The average molecular weight is 1620 g/mol. The van der Waals surface area contributed by atoms with Gasteiger partial charge >= 0.3 is 0 Å². The van der Waals surface area contributed by atoms with Crippen LogP contribution < -0.4 is 0 Å². The Balaban J connectivity index is 0.000000106. The maximum absolute atomic E-state index is 2.52. The van der Waals surface area contributed by atoms with E-state index >= 15 is 0 Å². The van der Waals surface area contributed by atoms with Crippen molar-refractivity contribution in [2.24, 2.45) is 0 Å². The standard InChI is InChI=1S/C56H36N2.C32H18S2.C28H14S2/c1-7-19-37(20-8-1)51-47-35-41-31-34-46-50-42(32-33-45(49(41)50)55(47)57(43-27-15-5-16-28-43)53(51)39-23-11-3-12-24-39)36-48-52(38-21-9-2-10-22-38)54(40-25-13-4-14-26-40)58(56(46)48)44-29-17-6-18-30-44;1-3-7-19(8-4-1)27-17-23-15-21-12-14-26-30-22(11-13-25(29(21)30)31(23)33-27)16-24-18-28(34-32(24)26)20-9-5-2-6-10-20;1-3-7-23-17(5-1)21-13-15-9-12-20-26-16(10-11-19(25(15)26)27(21)29-23)14-22-18-6-2-4-8-24(18)30-28(20)22/h1-36H;1-18H;1-14H. The number of nitrogens with zero attached hydrogens (tertiary/aromatic N) is 2. The van der Waals surface area contributed by atoms with Crippen molar-refractivity contribution >= 4 is 225 Å². The molecule has 122 heavy (non-hydrogen) atoms. The smallest absolute Gasteiger partial charge is 0.0620 e. The van der Waals surface area contributed by atoms with Crippen LogP contribution in [0, 0.1) is 0 Å². The fraction of sp³-hybridized carbons (Fsp3) is 0. The van der Waals surface area contributed by atoms with Crippen molar-refractivity contribution < 1.29 is 0 Å². The van der Waals surface area contributed by atoms with Crippen LogP contribution in [0.4, 0.5) is 0 Å². The normalized spacial score (nSPS) is 12.1. The van der Waals surface area contributed by atoms with Crippen LogP contribution in [-0.2, 0) is 0 Å². The Morgan fingerprint density at radius 2 is 0.434 bits per heavy atom. The van der Waals surface area contributed by atoms with Crippen molar-refractivity contribution in [2.45, 2.75) is 0 Å². The number of rotatable bonds is 8. The SMILES string of the molecule is c1ccc(-c2c(-c3ccccc3)n(-c3ccccc3)c3c2cc2ccc4c5c(ccc3c25)cc2c(-c3ccccc3)c(-c3ccccc3)n(-c3ccccc3)c24)cc1.c1ccc(-c2cc3cc4ccc5c6sc(-c7ccccc7)cc6cc6ccc(c3s2)c4c65)cc1.c1ccc2c(c1)sc1c2cc2ccc3c4sc5ccccc5c4cc4ccc1c2c43. The van der Waals surface area contributed by atoms with E-state index in [0.29, 0.717) is 0 Å². The van der Waals surface area contributed by atoms with E-state index in [2.05, 4.69) is 422 Å². The first-order chi connectivity index (χ1) is 60.5. The van der Waals surface area contributed by atoms with Crippen molar-refractivity contribution in [3.05, 3.63) is 413 Å². The number of benzene rings is 22. The van der Waals surface area contributed by atoms with Crippen molar-refractivity contribution in [1.82, 2.24) is 9.13 Å². The zero-order chi connectivity index (χ0) is 79.8. The predicted molar refractivity (Wildman–Crippen MR) is 533 cm³/mol.